The molecule has 0 aliphatic heterocycles. The molecule has 4 N–H and O–H groups in total. The van der Waals surface area contributed by atoms with Gasteiger partial charge in [0.25, 0.3) is 0 Å². The lowest BCUT2D eigenvalue weighted by molar-refractivity contribution is 0.0927. The van der Waals surface area contributed by atoms with Gasteiger partial charge in [0.15, 0.2) is 0 Å². The quantitative estimate of drug-likeness (QED) is 0.561. The lowest BCUT2D eigenvalue weighted by Crippen LogP contribution is -2.30. The molecule has 0 spiro atoms. The van der Waals surface area contributed by atoms with Crippen LogP contribution >= 0.6 is 0 Å². The summed E-state index contributed by atoms with van der Waals surface area (Å²) in [6.45, 7) is 1.17. The molecule has 1 saturated carbocycles. The third-order valence-electron chi connectivity index (χ3n) is 2.85. The third kappa shape index (κ3) is 2.44. The monoisotopic (exact) mass is 173 g/mol. The zero-order valence-corrected chi connectivity index (χ0v) is 7.45. The predicted octanol–water partition coefficient (Wildman–Crippen LogP) is -0.0378. The van der Waals surface area contributed by atoms with E-state index >= 15 is 0 Å². The number of aliphatic hydroxyl groups excluding tert-OH is 2. The maximum atomic E-state index is 9.00. The van der Waals surface area contributed by atoms with Gasteiger partial charge in [-0.1, -0.05) is 0 Å². The molecule has 1 fully saturated rings. The highest BCUT2D eigenvalue weighted by Gasteiger charge is 2.26. The van der Waals surface area contributed by atoms with Gasteiger partial charge in [-0.25, -0.2) is 0 Å². The van der Waals surface area contributed by atoms with Crippen molar-refractivity contribution in [3.05, 3.63) is 0 Å². The molecule has 2 atom stereocenters. The lowest BCUT2D eigenvalue weighted by Gasteiger charge is -2.32. The molecule has 3 nitrogen and oxygen atoms in total. The van der Waals surface area contributed by atoms with E-state index in [-0.39, 0.29) is 13.2 Å². The molecule has 1 rings (SSSR count). The van der Waals surface area contributed by atoms with E-state index in [0.29, 0.717) is 24.3 Å². The van der Waals surface area contributed by atoms with Crippen LogP contribution in [-0.2, 0) is 0 Å². The van der Waals surface area contributed by atoms with E-state index in [0.717, 1.165) is 19.3 Å². The molecule has 72 valence electrons. The van der Waals surface area contributed by atoms with Crippen LogP contribution in [0.1, 0.15) is 19.3 Å². The molecule has 0 aromatic carbocycles. The summed E-state index contributed by atoms with van der Waals surface area (Å²) in [7, 11) is 0. The van der Waals surface area contributed by atoms with Crippen molar-refractivity contribution in [3.63, 3.8) is 0 Å². The molecule has 0 aromatic heterocycles. The smallest absolute Gasteiger partial charge is 0.0459 e. The van der Waals surface area contributed by atoms with Crippen molar-refractivity contribution in [2.45, 2.75) is 19.3 Å². The van der Waals surface area contributed by atoms with Gasteiger partial charge in [0.05, 0.1) is 0 Å². The van der Waals surface area contributed by atoms with Crippen LogP contribution in [0.5, 0.6) is 0 Å². The van der Waals surface area contributed by atoms with E-state index in [2.05, 4.69) is 0 Å². The van der Waals surface area contributed by atoms with Crippen LogP contribution < -0.4 is 5.73 Å². The van der Waals surface area contributed by atoms with Crippen LogP contribution in [0, 0.1) is 17.8 Å². The molecule has 0 heterocycles. The van der Waals surface area contributed by atoms with E-state index in [9.17, 15) is 0 Å². The topological polar surface area (TPSA) is 66.5 Å². The first-order chi connectivity index (χ1) is 5.80. The highest BCUT2D eigenvalue weighted by molar-refractivity contribution is 4.78. The normalized spacial score (nSPS) is 36.8. The van der Waals surface area contributed by atoms with Crippen LogP contribution in [0.2, 0.25) is 0 Å². The molecule has 0 radical (unpaired) electrons. The van der Waals surface area contributed by atoms with Crippen molar-refractivity contribution in [2.24, 2.45) is 23.5 Å². The number of rotatable bonds is 3. The van der Waals surface area contributed by atoms with Gasteiger partial charge in [-0.3, -0.25) is 0 Å². The SMILES string of the molecule is NCC1CC(CO)CC(CO)C1. The molecule has 0 aromatic rings. The number of nitrogens with two attached hydrogens (primary N) is 1. The van der Waals surface area contributed by atoms with Crippen molar-refractivity contribution in [1.82, 2.24) is 0 Å². The van der Waals surface area contributed by atoms with E-state index in [1.807, 2.05) is 0 Å². The van der Waals surface area contributed by atoms with E-state index in [1.54, 1.807) is 0 Å². The Morgan fingerprint density at radius 1 is 0.917 bits per heavy atom. The van der Waals surface area contributed by atoms with E-state index in [1.165, 1.54) is 0 Å². The Morgan fingerprint density at radius 2 is 1.33 bits per heavy atom. The molecule has 1 aliphatic carbocycles. The maximum absolute atomic E-state index is 9.00. The molecule has 0 amide bonds. The number of aliphatic hydroxyl groups is 2. The van der Waals surface area contributed by atoms with Gasteiger partial charge in [0.1, 0.15) is 0 Å². The number of hydrogen-bond donors (Lipinski definition) is 3. The van der Waals surface area contributed by atoms with Crippen LogP contribution in [0.3, 0.4) is 0 Å². The van der Waals surface area contributed by atoms with Crippen molar-refractivity contribution >= 4 is 0 Å². The van der Waals surface area contributed by atoms with E-state index in [4.69, 9.17) is 15.9 Å². The minimum Gasteiger partial charge on any atom is -0.396 e. The Morgan fingerprint density at radius 3 is 1.67 bits per heavy atom. The summed E-state index contributed by atoms with van der Waals surface area (Å²) in [6.07, 6.45) is 3.02. The van der Waals surface area contributed by atoms with Gasteiger partial charge in [-0.2, -0.15) is 0 Å². The van der Waals surface area contributed by atoms with Crippen LogP contribution in [0.15, 0.2) is 0 Å². The summed E-state index contributed by atoms with van der Waals surface area (Å²) in [4.78, 5) is 0. The molecular formula is C9H19NO2. The van der Waals surface area contributed by atoms with Gasteiger partial charge in [0, 0.05) is 13.2 Å². The molecule has 1 aliphatic rings. The average Bonchev–Trinajstić information content (AvgIpc) is 2.16. The molecule has 0 bridgehead atoms. The zero-order chi connectivity index (χ0) is 8.97. The van der Waals surface area contributed by atoms with Gasteiger partial charge in [0.2, 0.25) is 0 Å². The first kappa shape index (κ1) is 9.96. The molecule has 2 unspecified atom stereocenters. The fraction of sp³-hybridized carbons (Fsp3) is 1.00. The second-order valence-electron chi connectivity index (χ2n) is 3.91. The fourth-order valence-electron chi connectivity index (χ4n) is 2.19. The Balaban J connectivity index is 2.41. The van der Waals surface area contributed by atoms with Crippen LogP contribution in [0.4, 0.5) is 0 Å². The van der Waals surface area contributed by atoms with Gasteiger partial charge in [-0.15, -0.1) is 0 Å². The Hall–Kier alpha value is -0.120. The molecule has 12 heavy (non-hydrogen) atoms. The largest absolute Gasteiger partial charge is 0.396 e. The minimum atomic E-state index is 0.243. The molecule has 0 saturated heterocycles. The average molecular weight is 173 g/mol. The van der Waals surface area contributed by atoms with Gasteiger partial charge in [-0.05, 0) is 43.6 Å². The highest BCUT2D eigenvalue weighted by Crippen LogP contribution is 2.32. The Labute approximate surface area is 73.6 Å². The first-order valence-corrected chi connectivity index (χ1v) is 4.71. The molecule has 3 heteroatoms. The van der Waals surface area contributed by atoms with Crippen molar-refractivity contribution in [2.75, 3.05) is 19.8 Å². The zero-order valence-electron chi connectivity index (χ0n) is 7.45. The lowest BCUT2D eigenvalue weighted by atomic mass is 9.76. The standard InChI is InChI=1S/C9H19NO2/c10-4-7-1-8(5-11)3-9(2-7)6-12/h7-9,11-12H,1-6,10H2. The fourth-order valence-corrected chi connectivity index (χ4v) is 2.19. The van der Waals surface area contributed by atoms with E-state index < -0.39 is 0 Å². The van der Waals surface area contributed by atoms with Crippen LogP contribution in [0.25, 0.3) is 0 Å². The van der Waals surface area contributed by atoms with Crippen molar-refractivity contribution < 1.29 is 10.2 Å². The second-order valence-corrected chi connectivity index (χ2v) is 3.91. The number of hydrogen-bond acceptors (Lipinski definition) is 3. The third-order valence-corrected chi connectivity index (χ3v) is 2.85. The van der Waals surface area contributed by atoms with Crippen molar-refractivity contribution in [3.8, 4) is 0 Å². The summed E-state index contributed by atoms with van der Waals surface area (Å²) in [5, 5.41) is 18.0. The summed E-state index contributed by atoms with van der Waals surface area (Å²) in [6, 6.07) is 0. The van der Waals surface area contributed by atoms with Gasteiger partial charge < -0.3 is 15.9 Å². The second kappa shape index (κ2) is 4.80. The minimum absolute atomic E-state index is 0.243. The Bertz CT molecular complexity index is 99.9. The van der Waals surface area contributed by atoms with Crippen molar-refractivity contribution in [1.29, 1.82) is 0 Å². The predicted molar refractivity (Wildman–Crippen MR) is 47.5 cm³/mol. The maximum Gasteiger partial charge on any atom is 0.0459 e. The Kier molecular flexibility index (Phi) is 3.98. The van der Waals surface area contributed by atoms with Crippen LogP contribution in [-0.4, -0.2) is 30.0 Å². The van der Waals surface area contributed by atoms with Gasteiger partial charge >= 0.3 is 0 Å². The summed E-state index contributed by atoms with van der Waals surface area (Å²) in [5.41, 5.74) is 5.57. The highest BCUT2D eigenvalue weighted by atomic mass is 16.3. The summed E-state index contributed by atoms with van der Waals surface area (Å²) >= 11 is 0. The summed E-state index contributed by atoms with van der Waals surface area (Å²) in [5.74, 6) is 1.24. The summed E-state index contributed by atoms with van der Waals surface area (Å²) < 4.78 is 0. The molecular weight excluding hydrogens is 154 g/mol. The first-order valence-electron chi connectivity index (χ1n) is 4.71.